The Morgan fingerprint density at radius 1 is 1.08 bits per heavy atom. The first kappa shape index (κ1) is 16.1. The summed E-state index contributed by atoms with van der Waals surface area (Å²) >= 11 is 5.91. The lowest BCUT2D eigenvalue weighted by atomic mass is 9.95. The SMILES string of the molecule is Nc1nc(Cl)nc2c1ccn2[C@@H]1C[C@H](c2ccc(O)cc2)[C@@H](O)[C@H]1O. The second-order valence-corrected chi connectivity index (χ2v) is 6.66. The van der Waals surface area contributed by atoms with Crippen LogP contribution in [0.15, 0.2) is 36.5 Å². The van der Waals surface area contributed by atoms with Crippen molar-refractivity contribution in [2.75, 3.05) is 5.73 Å². The number of aliphatic hydroxyl groups is 2. The molecule has 25 heavy (non-hydrogen) atoms. The standard InChI is InChI=1S/C17H17ClN4O3/c18-17-20-15(19)10-5-6-22(16(10)21-17)12-7-11(13(24)14(12)25)8-1-3-9(23)4-2-8/h1-6,11-14,23-25H,7H2,(H2,19,20,21)/t11-,12-,13-,14+/m1/s1. The fourth-order valence-corrected chi connectivity index (χ4v) is 3.81. The Labute approximate surface area is 148 Å². The lowest BCUT2D eigenvalue weighted by Gasteiger charge is -2.19. The molecule has 1 fully saturated rings. The molecule has 0 aliphatic heterocycles. The van der Waals surface area contributed by atoms with E-state index in [0.717, 1.165) is 5.56 Å². The van der Waals surface area contributed by atoms with Crippen molar-refractivity contribution in [2.24, 2.45) is 0 Å². The maximum absolute atomic E-state index is 10.6. The molecule has 0 radical (unpaired) electrons. The molecule has 1 aliphatic rings. The van der Waals surface area contributed by atoms with Gasteiger partial charge in [0.05, 0.1) is 17.5 Å². The molecule has 3 aromatic rings. The zero-order valence-corrected chi connectivity index (χ0v) is 13.9. The van der Waals surface area contributed by atoms with Crippen molar-refractivity contribution in [1.29, 1.82) is 0 Å². The summed E-state index contributed by atoms with van der Waals surface area (Å²) in [6, 6.07) is 8.04. The summed E-state index contributed by atoms with van der Waals surface area (Å²) in [5, 5.41) is 31.2. The zero-order chi connectivity index (χ0) is 17.7. The van der Waals surface area contributed by atoms with Crippen molar-refractivity contribution >= 4 is 28.5 Å². The highest BCUT2D eigenvalue weighted by Gasteiger charge is 2.43. The number of nitrogens with zero attached hydrogens (tertiary/aromatic N) is 3. The Morgan fingerprint density at radius 3 is 2.52 bits per heavy atom. The number of nitrogen functional groups attached to an aromatic ring is 1. The number of phenolic OH excluding ortho intramolecular Hbond substituents is 1. The predicted octanol–water partition coefficient (Wildman–Crippen LogP) is 1.82. The monoisotopic (exact) mass is 360 g/mol. The molecule has 0 spiro atoms. The van der Waals surface area contributed by atoms with Crippen molar-refractivity contribution in [3.8, 4) is 5.75 Å². The zero-order valence-electron chi connectivity index (χ0n) is 13.1. The number of halogens is 1. The van der Waals surface area contributed by atoms with Crippen molar-refractivity contribution in [2.45, 2.75) is 30.6 Å². The highest BCUT2D eigenvalue weighted by molar-refractivity contribution is 6.28. The number of nitrogens with two attached hydrogens (primary N) is 1. The van der Waals surface area contributed by atoms with Gasteiger partial charge in [-0.2, -0.15) is 4.98 Å². The molecule has 4 rings (SSSR count). The molecule has 0 unspecified atom stereocenters. The van der Waals surface area contributed by atoms with Gasteiger partial charge in [-0.1, -0.05) is 12.1 Å². The number of hydrogen-bond donors (Lipinski definition) is 4. The third kappa shape index (κ3) is 2.60. The van der Waals surface area contributed by atoms with Crippen molar-refractivity contribution < 1.29 is 15.3 Å². The van der Waals surface area contributed by atoms with E-state index in [1.807, 2.05) is 0 Å². The smallest absolute Gasteiger partial charge is 0.226 e. The average molecular weight is 361 g/mol. The van der Waals surface area contributed by atoms with Gasteiger partial charge in [0.1, 0.15) is 23.3 Å². The molecule has 130 valence electrons. The first-order valence-corrected chi connectivity index (χ1v) is 8.28. The van der Waals surface area contributed by atoms with Gasteiger partial charge in [0.15, 0.2) is 0 Å². The summed E-state index contributed by atoms with van der Waals surface area (Å²) in [6.45, 7) is 0. The van der Waals surface area contributed by atoms with E-state index in [9.17, 15) is 15.3 Å². The van der Waals surface area contributed by atoms with Gasteiger partial charge in [-0.05, 0) is 41.8 Å². The molecule has 0 saturated heterocycles. The van der Waals surface area contributed by atoms with E-state index in [0.29, 0.717) is 17.5 Å². The molecule has 1 aromatic carbocycles. The third-order valence-corrected chi connectivity index (χ3v) is 5.07. The van der Waals surface area contributed by atoms with Crippen molar-refractivity contribution in [1.82, 2.24) is 14.5 Å². The van der Waals surface area contributed by atoms with Gasteiger partial charge >= 0.3 is 0 Å². The van der Waals surface area contributed by atoms with Crippen LogP contribution in [0.2, 0.25) is 5.28 Å². The van der Waals surface area contributed by atoms with Crippen LogP contribution in [0.5, 0.6) is 5.75 Å². The number of aromatic hydroxyl groups is 1. The van der Waals surface area contributed by atoms with Gasteiger partial charge in [0, 0.05) is 12.1 Å². The minimum absolute atomic E-state index is 0.0352. The van der Waals surface area contributed by atoms with Crippen LogP contribution >= 0.6 is 11.6 Å². The van der Waals surface area contributed by atoms with E-state index in [1.54, 1.807) is 41.1 Å². The van der Waals surface area contributed by atoms with Crippen molar-refractivity contribution in [3.05, 3.63) is 47.4 Å². The topological polar surface area (TPSA) is 117 Å². The molecule has 0 amide bonds. The molecule has 1 saturated carbocycles. The molecule has 4 atom stereocenters. The quantitative estimate of drug-likeness (QED) is 0.518. The second-order valence-electron chi connectivity index (χ2n) is 6.32. The number of aliphatic hydroxyl groups excluding tert-OH is 2. The summed E-state index contributed by atoms with van der Waals surface area (Å²) in [5.74, 6) is 0.177. The van der Waals surface area contributed by atoms with E-state index in [4.69, 9.17) is 17.3 Å². The van der Waals surface area contributed by atoms with E-state index in [-0.39, 0.29) is 28.8 Å². The molecule has 2 aromatic heterocycles. The van der Waals surface area contributed by atoms with Gasteiger partial charge < -0.3 is 25.6 Å². The van der Waals surface area contributed by atoms with E-state index in [2.05, 4.69) is 9.97 Å². The molecule has 2 heterocycles. The van der Waals surface area contributed by atoms with Crippen LogP contribution in [0.1, 0.15) is 23.9 Å². The Hall–Kier alpha value is -2.35. The normalized spacial score (nSPS) is 26.4. The van der Waals surface area contributed by atoms with E-state index < -0.39 is 12.2 Å². The number of phenols is 1. The maximum atomic E-state index is 10.6. The largest absolute Gasteiger partial charge is 0.508 e. The number of fused-ring (bicyclic) bond motifs is 1. The molecule has 0 bridgehead atoms. The summed E-state index contributed by atoms with van der Waals surface area (Å²) in [5.41, 5.74) is 7.26. The highest BCUT2D eigenvalue weighted by atomic mass is 35.5. The number of anilines is 1. The van der Waals surface area contributed by atoms with Gasteiger partial charge in [-0.15, -0.1) is 0 Å². The van der Waals surface area contributed by atoms with Crippen molar-refractivity contribution in [3.63, 3.8) is 0 Å². The fourth-order valence-electron chi connectivity index (χ4n) is 3.63. The first-order valence-electron chi connectivity index (χ1n) is 7.90. The third-order valence-electron chi connectivity index (χ3n) is 4.90. The Kier molecular flexibility index (Phi) is 3.79. The minimum atomic E-state index is -0.968. The molecule has 8 heteroatoms. The summed E-state index contributed by atoms with van der Waals surface area (Å²) in [7, 11) is 0. The van der Waals surface area contributed by atoms with Crippen LogP contribution in [0.4, 0.5) is 5.82 Å². The second kappa shape index (κ2) is 5.87. The van der Waals surface area contributed by atoms with Gasteiger partial charge in [-0.25, -0.2) is 4.98 Å². The Balaban J connectivity index is 1.73. The molecular weight excluding hydrogens is 344 g/mol. The molecular formula is C17H17ClN4O3. The molecule has 5 N–H and O–H groups in total. The average Bonchev–Trinajstić information content (AvgIpc) is 3.11. The van der Waals surface area contributed by atoms with Crippen LogP contribution < -0.4 is 5.73 Å². The van der Waals surface area contributed by atoms with Crippen LogP contribution in [0.25, 0.3) is 11.0 Å². The van der Waals surface area contributed by atoms with Crippen LogP contribution in [0.3, 0.4) is 0 Å². The number of aromatic nitrogens is 3. The Morgan fingerprint density at radius 2 is 1.80 bits per heavy atom. The van der Waals surface area contributed by atoms with E-state index in [1.165, 1.54) is 0 Å². The van der Waals surface area contributed by atoms with Crippen LogP contribution in [-0.2, 0) is 0 Å². The fraction of sp³-hybridized carbons (Fsp3) is 0.294. The van der Waals surface area contributed by atoms with Crippen LogP contribution in [0, 0.1) is 0 Å². The maximum Gasteiger partial charge on any atom is 0.226 e. The van der Waals surface area contributed by atoms with Gasteiger partial charge in [0.2, 0.25) is 5.28 Å². The number of rotatable bonds is 2. The minimum Gasteiger partial charge on any atom is -0.508 e. The van der Waals surface area contributed by atoms with Crippen LogP contribution in [-0.4, -0.2) is 42.1 Å². The lowest BCUT2D eigenvalue weighted by molar-refractivity contribution is 0.0179. The number of benzene rings is 1. The first-order chi connectivity index (χ1) is 12.0. The van der Waals surface area contributed by atoms with Gasteiger partial charge in [0.25, 0.3) is 0 Å². The highest BCUT2D eigenvalue weighted by Crippen LogP contribution is 2.43. The summed E-state index contributed by atoms with van der Waals surface area (Å²) in [6.07, 6.45) is 0.385. The Bertz CT molecular complexity index is 928. The molecule has 7 nitrogen and oxygen atoms in total. The summed E-state index contributed by atoms with van der Waals surface area (Å²) in [4.78, 5) is 8.15. The summed E-state index contributed by atoms with van der Waals surface area (Å²) < 4.78 is 1.79. The molecule has 1 aliphatic carbocycles. The lowest BCUT2D eigenvalue weighted by Crippen LogP contribution is -2.28. The van der Waals surface area contributed by atoms with E-state index >= 15 is 0 Å². The van der Waals surface area contributed by atoms with Gasteiger partial charge in [-0.3, -0.25) is 0 Å². The predicted molar refractivity (Wildman–Crippen MR) is 93.5 cm³/mol. The number of hydrogen-bond acceptors (Lipinski definition) is 6.